The van der Waals surface area contributed by atoms with Crippen LogP contribution in [-0.2, 0) is 9.53 Å². The number of piperazine rings is 1. The average Bonchev–Trinajstić information content (AvgIpc) is 2.54. The van der Waals surface area contributed by atoms with E-state index in [1.54, 1.807) is 20.8 Å². The Morgan fingerprint density at radius 1 is 1.50 bits per heavy atom. The highest BCUT2D eigenvalue weighted by atomic mass is 16.6. The molecule has 0 aromatic rings. The molecular weight excluding hydrogens is 234 g/mol. The lowest BCUT2D eigenvalue weighted by Gasteiger charge is -2.29. The predicted octanol–water partition coefficient (Wildman–Crippen LogP) is 0.0838. The summed E-state index contributed by atoms with van der Waals surface area (Å²) in [6.07, 6.45) is 0.138. The normalized spacial score (nSPS) is 27.9. The molecule has 2 heterocycles. The second-order valence-corrected chi connectivity index (χ2v) is 5.82. The number of ether oxygens (including phenoxy) is 1. The van der Waals surface area contributed by atoms with Crippen molar-refractivity contribution in [1.29, 1.82) is 0 Å². The average molecular weight is 255 g/mol. The third-order valence-corrected chi connectivity index (χ3v) is 3.13. The van der Waals surface area contributed by atoms with Gasteiger partial charge in [0.2, 0.25) is 5.91 Å². The van der Waals surface area contributed by atoms with E-state index in [9.17, 15) is 9.59 Å². The van der Waals surface area contributed by atoms with Crippen LogP contribution in [0.25, 0.3) is 0 Å². The summed E-state index contributed by atoms with van der Waals surface area (Å²) in [5.74, 6) is 0.00681. The number of rotatable bonds is 1. The Morgan fingerprint density at radius 2 is 2.22 bits per heavy atom. The number of nitrogens with one attached hydrogen (secondary N) is 2. The maximum absolute atomic E-state index is 12.1. The minimum atomic E-state index is -0.541. The van der Waals surface area contributed by atoms with E-state index in [4.69, 9.17) is 4.74 Å². The molecule has 2 rings (SSSR count). The zero-order valence-corrected chi connectivity index (χ0v) is 11.2. The fourth-order valence-electron chi connectivity index (χ4n) is 2.41. The van der Waals surface area contributed by atoms with Crippen molar-refractivity contribution in [3.63, 3.8) is 0 Å². The van der Waals surface area contributed by atoms with Crippen LogP contribution in [0.15, 0.2) is 0 Å². The Kier molecular flexibility index (Phi) is 3.47. The van der Waals surface area contributed by atoms with Crippen molar-refractivity contribution in [2.45, 2.75) is 44.9 Å². The first-order valence-electron chi connectivity index (χ1n) is 6.37. The molecule has 0 aromatic carbocycles. The molecule has 2 fully saturated rings. The van der Waals surface area contributed by atoms with Crippen LogP contribution in [0, 0.1) is 0 Å². The molecule has 0 aromatic heterocycles. The van der Waals surface area contributed by atoms with E-state index in [1.807, 2.05) is 4.90 Å². The number of carbonyl (C=O) groups excluding carboxylic acids is 2. The molecule has 6 nitrogen and oxygen atoms in total. The monoisotopic (exact) mass is 255 g/mol. The van der Waals surface area contributed by atoms with Crippen molar-refractivity contribution < 1.29 is 14.3 Å². The lowest BCUT2D eigenvalue weighted by molar-refractivity contribution is -0.131. The van der Waals surface area contributed by atoms with Crippen LogP contribution in [0.3, 0.4) is 0 Å². The topological polar surface area (TPSA) is 70.7 Å². The third kappa shape index (κ3) is 2.93. The summed E-state index contributed by atoms with van der Waals surface area (Å²) in [5.41, 5.74) is -0.541. The maximum Gasteiger partial charge on any atom is 0.408 e. The molecule has 0 saturated carbocycles. The van der Waals surface area contributed by atoms with E-state index in [1.165, 1.54) is 0 Å². The van der Waals surface area contributed by atoms with Gasteiger partial charge in [0.05, 0.1) is 0 Å². The van der Waals surface area contributed by atoms with E-state index < -0.39 is 17.7 Å². The van der Waals surface area contributed by atoms with Gasteiger partial charge in [-0.15, -0.1) is 0 Å². The minimum absolute atomic E-state index is 0.00681. The molecule has 0 aliphatic carbocycles. The molecule has 2 aliphatic rings. The van der Waals surface area contributed by atoms with Crippen molar-refractivity contribution >= 4 is 12.0 Å². The molecule has 2 N–H and O–H groups in total. The molecular formula is C12H21N3O3. The van der Waals surface area contributed by atoms with Crippen molar-refractivity contribution in [1.82, 2.24) is 15.5 Å². The summed E-state index contributed by atoms with van der Waals surface area (Å²) in [4.78, 5) is 25.6. The number of nitrogens with zero attached hydrogens (tertiary/aromatic N) is 1. The molecule has 2 saturated heterocycles. The highest BCUT2D eigenvalue weighted by molar-refractivity contribution is 5.88. The standard InChI is InChI=1S/C12H21N3O3/c1-12(2,3)18-11(17)14-9-6-8-7-13-4-5-15(8)10(9)16/h8-9,13H,4-7H2,1-3H3,(H,14,17). The number of hydrogen-bond acceptors (Lipinski definition) is 4. The number of fused-ring (bicyclic) bond motifs is 1. The Balaban J connectivity index is 1.91. The van der Waals surface area contributed by atoms with Crippen LogP contribution in [0.4, 0.5) is 4.79 Å². The van der Waals surface area contributed by atoms with Crippen LogP contribution in [0.2, 0.25) is 0 Å². The zero-order valence-electron chi connectivity index (χ0n) is 11.2. The maximum atomic E-state index is 12.1. The first kappa shape index (κ1) is 13.1. The quantitative estimate of drug-likeness (QED) is 0.696. The van der Waals surface area contributed by atoms with E-state index in [2.05, 4.69) is 10.6 Å². The summed E-state index contributed by atoms with van der Waals surface area (Å²) >= 11 is 0. The second-order valence-electron chi connectivity index (χ2n) is 5.82. The lowest BCUT2D eigenvalue weighted by Crippen LogP contribution is -2.50. The van der Waals surface area contributed by atoms with Crippen LogP contribution in [0.1, 0.15) is 27.2 Å². The summed E-state index contributed by atoms with van der Waals surface area (Å²) < 4.78 is 5.16. The molecule has 0 spiro atoms. The largest absolute Gasteiger partial charge is 0.444 e. The first-order valence-corrected chi connectivity index (χ1v) is 6.37. The van der Waals surface area contributed by atoms with Gasteiger partial charge < -0.3 is 20.3 Å². The molecule has 18 heavy (non-hydrogen) atoms. The highest BCUT2D eigenvalue weighted by Crippen LogP contribution is 2.20. The van der Waals surface area contributed by atoms with Crippen molar-refractivity contribution in [3.8, 4) is 0 Å². The van der Waals surface area contributed by atoms with Crippen LogP contribution >= 0.6 is 0 Å². The Bertz CT molecular complexity index is 351. The van der Waals surface area contributed by atoms with Gasteiger partial charge in [-0.05, 0) is 27.2 Å². The lowest BCUT2D eigenvalue weighted by atomic mass is 10.1. The van der Waals surface area contributed by atoms with Gasteiger partial charge in [-0.25, -0.2) is 4.79 Å². The number of carbonyl (C=O) groups is 2. The first-order chi connectivity index (χ1) is 8.37. The Hall–Kier alpha value is -1.30. The molecule has 6 heteroatoms. The predicted molar refractivity (Wildman–Crippen MR) is 66.1 cm³/mol. The highest BCUT2D eigenvalue weighted by Gasteiger charge is 2.41. The summed E-state index contributed by atoms with van der Waals surface area (Å²) in [7, 11) is 0. The summed E-state index contributed by atoms with van der Waals surface area (Å²) in [6.45, 7) is 7.75. The van der Waals surface area contributed by atoms with E-state index in [0.29, 0.717) is 6.42 Å². The van der Waals surface area contributed by atoms with Crippen LogP contribution in [-0.4, -0.2) is 54.2 Å². The Labute approximate surface area is 107 Å². The van der Waals surface area contributed by atoms with Crippen molar-refractivity contribution in [2.24, 2.45) is 0 Å². The van der Waals surface area contributed by atoms with Crippen LogP contribution < -0.4 is 10.6 Å². The van der Waals surface area contributed by atoms with Gasteiger partial charge in [0.15, 0.2) is 0 Å². The molecule has 2 aliphatic heterocycles. The number of hydrogen-bond donors (Lipinski definition) is 2. The second kappa shape index (κ2) is 4.76. The minimum Gasteiger partial charge on any atom is -0.444 e. The van der Waals surface area contributed by atoms with Gasteiger partial charge in [-0.2, -0.15) is 0 Å². The smallest absolute Gasteiger partial charge is 0.408 e. The van der Waals surface area contributed by atoms with Crippen LogP contribution in [0.5, 0.6) is 0 Å². The molecule has 102 valence electrons. The number of alkyl carbamates (subject to hydrolysis) is 1. The van der Waals surface area contributed by atoms with Gasteiger partial charge in [-0.1, -0.05) is 0 Å². The zero-order chi connectivity index (χ0) is 13.3. The summed E-state index contributed by atoms with van der Waals surface area (Å²) in [5, 5.41) is 5.91. The SMILES string of the molecule is CC(C)(C)OC(=O)NC1CC2CNCCN2C1=O. The van der Waals surface area contributed by atoms with Gasteiger partial charge in [-0.3, -0.25) is 4.79 Å². The van der Waals surface area contributed by atoms with E-state index >= 15 is 0 Å². The van der Waals surface area contributed by atoms with Crippen molar-refractivity contribution in [2.75, 3.05) is 19.6 Å². The fourth-order valence-corrected chi connectivity index (χ4v) is 2.41. The molecule has 0 radical (unpaired) electrons. The van der Waals surface area contributed by atoms with Crippen molar-refractivity contribution in [3.05, 3.63) is 0 Å². The number of amides is 2. The third-order valence-electron chi connectivity index (χ3n) is 3.13. The molecule has 2 atom stereocenters. The molecule has 0 bridgehead atoms. The van der Waals surface area contributed by atoms with Gasteiger partial charge in [0.25, 0.3) is 0 Å². The van der Waals surface area contributed by atoms with Gasteiger partial charge in [0.1, 0.15) is 11.6 Å². The van der Waals surface area contributed by atoms with E-state index in [-0.39, 0.29) is 11.9 Å². The Morgan fingerprint density at radius 3 is 2.83 bits per heavy atom. The van der Waals surface area contributed by atoms with Gasteiger partial charge >= 0.3 is 6.09 Å². The molecule has 2 unspecified atom stereocenters. The summed E-state index contributed by atoms with van der Waals surface area (Å²) in [6, 6.07) is -0.240. The fraction of sp³-hybridized carbons (Fsp3) is 0.833. The van der Waals surface area contributed by atoms with Gasteiger partial charge in [0, 0.05) is 25.7 Å². The van der Waals surface area contributed by atoms with E-state index in [0.717, 1.165) is 19.6 Å². The molecule has 2 amide bonds.